The van der Waals surface area contributed by atoms with Crippen molar-refractivity contribution in [3.8, 4) is 0 Å². The van der Waals surface area contributed by atoms with Crippen molar-refractivity contribution in [2.45, 2.75) is 26.8 Å². The monoisotopic (exact) mass is 268 g/mol. The molecule has 0 aliphatic carbocycles. The summed E-state index contributed by atoms with van der Waals surface area (Å²) in [6.07, 6.45) is 2.23. The molecule has 1 aromatic rings. The molecule has 1 rings (SSSR count). The predicted molar refractivity (Wildman–Crippen MR) is 67.8 cm³/mol. The first kappa shape index (κ1) is 14.8. The molecule has 1 aromatic heterocycles. The summed E-state index contributed by atoms with van der Waals surface area (Å²) in [6, 6.07) is -0.0362. The van der Waals surface area contributed by atoms with E-state index in [4.69, 9.17) is 4.74 Å². The highest BCUT2D eigenvalue weighted by Gasteiger charge is 2.19. The predicted octanol–water partition coefficient (Wildman–Crippen LogP) is 1.16. The van der Waals surface area contributed by atoms with E-state index in [9.17, 15) is 14.9 Å². The minimum Gasteiger partial charge on any atom is -0.465 e. The Hall–Kier alpha value is -2.25. The van der Waals surface area contributed by atoms with Gasteiger partial charge in [-0.05, 0) is 20.8 Å². The van der Waals surface area contributed by atoms with Crippen molar-refractivity contribution in [2.24, 2.45) is 0 Å². The Morgan fingerprint density at radius 2 is 2.05 bits per heavy atom. The highest BCUT2D eigenvalue weighted by Crippen LogP contribution is 2.14. The number of rotatable bonds is 6. The van der Waals surface area contributed by atoms with Crippen LogP contribution in [0.2, 0.25) is 0 Å². The largest absolute Gasteiger partial charge is 0.465 e. The van der Waals surface area contributed by atoms with Crippen molar-refractivity contribution in [2.75, 3.05) is 18.1 Å². The molecule has 0 spiro atoms. The van der Waals surface area contributed by atoms with Crippen LogP contribution in [0.25, 0.3) is 0 Å². The minimum atomic E-state index is -0.575. The van der Waals surface area contributed by atoms with Gasteiger partial charge in [0.15, 0.2) is 0 Å². The Morgan fingerprint density at radius 3 is 2.47 bits per heavy atom. The van der Waals surface area contributed by atoms with Gasteiger partial charge in [0, 0.05) is 6.04 Å². The standard InChI is InChI=1S/C11H16N4O4/c1-4-19-10(16)7-14(8(2)3)11-12-5-9(6-13-11)15(17)18/h5-6,8H,4,7H2,1-3H3. The quantitative estimate of drug-likeness (QED) is 0.433. The number of hydrogen-bond donors (Lipinski definition) is 0. The van der Waals surface area contributed by atoms with Gasteiger partial charge in [0.25, 0.3) is 0 Å². The molecule has 0 aromatic carbocycles. The zero-order valence-electron chi connectivity index (χ0n) is 11.1. The fraction of sp³-hybridized carbons (Fsp3) is 0.545. The molecule has 19 heavy (non-hydrogen) atoms. The normalized spacial score (nSPS) is 10.3. The van der Waals surface area contributed by atoms with Crippen molar-refractivity contribution >= 4 is 17.6 Å². The molecule has 0 radical (unpaired) electrons. The summed E-state index contributed by atoms with van der Waals surface area (Å²) in [5.41, 5.74) is -0.191. The topological polar surface area (TPSA) is 98.5 Å². The third kappa shape index (κ3) is 4.16. The second-order valence-electron chi connectivity index (χ2n) is 4.03. The summed E-state index contributed by atoms with van der Waals surface area (Å²) >= 11 is 0. The lowest BCUT2D eigenvalue weighted by molar-refractivity contribution is -0.385. The van der Waals surface area contributed by atoms with Gasteiger partial charge in [-0.1, -0.05) is 0 Å². The third-order valence-corrected chi connectivity index (χ3v) is 2.32. The highest BCUT2D eigenvalue weighted by molar-refractivity contribution is 5.75. The fourth-order valence-corrected chi connectivity index (χ4v) is 1.39. The summed E-state index contributed by atoms with van der Waals surface area (Å²) in [7, 11) is 0. The van der Waals surface area contributed by atoms with Crippen LogP contribution in [-0.4, -0.2) is 40.1 Å². The number of carbonyl (C=O) groups is 1. The zero-order chi connectivity index (χ0) is 14.4. The van der Waals surface area contributed by atoms with Crippen LogP contribution < -0.4 is 4.90 Å². The van der Waals surface area contributed by atoms with Crippen molar-refractivity contribution in [3.63, 3.8) is 0 Å². The Kier molecular flexibility index (Phi) is 5.16. The molecule has 8 nitrogen and oxygen atoms in total. The van der Waals surface area contributed by atoms with E-state index in [1.54, 1.807) is 11.8 Å². The first-order valence-corrected chi connectivity index (χ1v) is 5.84. The summed E-state index contributed by atoms with van der Waals surface area (Å²) in [5, 5.41) is 10.5. The van der Waals surface area contributed by atoms with Gasteiger partial charge in [0.1, 0.15) is 18.9 Å². The lowest BCUT2D eigenvalue weighted by atomic mass is 10.3. The molecular weight excluding hydrogens is 252 g/mol. The molecule has 0 unspecified atom stereocenters. The van der Waals surface area contributed by atoms with Crippen molar-refractivity contribution in [1.82, 2.24) is 9.97 Å². The van der Waals surface area contributed by atoms with Gasteiger partial charge in [0.2, 0.25) is 5.95 Å². The Balaban J connectivity index is 2.87. The lowest BCUT2D eigenvalue weighted by Crippen LogP contribution is -2.37. The number of nitrogens with zero attached hydrogens (tertiary/aromatic N) is 4. The summed E-state index contributed by atoms with van der Waals surface area (Å²) in [6.45, 7) is 5.75. The van der Waals surface area contributed by atoms with Crippen molar-refractivity contribution < 1.29 is 14.5 Å². The van der Waals surface area contributed by atoms with E-state index in [1.165, 1.54) is 0 Å². The number of nitro groups is 1. The molecule has 0 N–H and O–H groups in total. The van der Waals surface area contributed by atoms with E-state index in [1.807, 2.05) is 13.8 Å². The maximum absolute atomic E-state index is 11.5. The van der Waals surface area contributed by atoms with E-state index >= 15 is 0 Å². The fourth-order valence-electron chi connectivity index (χ4n) is 1.39. The van der Waals surface area contributed by atoms with E-state index < -0.39 is 10.9 Å². The molecular formula is C11H16N4O4. The molecule has 0 saturated carbocycles. The molecule has 0 aliphatic heterocycles. The number of ether oxygens (including phenoxy) is 1. The first-order valence-electron chi connectivity index (χ1n) is 5.84. The first-order chi connectivity index (χ1) is 8.95. The van der Waals surface area contributed by atoms with Crippen molar-refractivity contribution in [1.29, 1.82) is 0 Å². The van der Waals surface area contributed by atoms with Crippen LogP contribution in [-0.2, 0) is 9.53 Å². The number of esters is 1. The van der Waals surface area contributed by atoms with Crippen LogP contribution in [0.15, 0.2) is 12.4 Å². The highest BCUT2D eigenvalue weighted by atomic mass is 16.6. The van der Waals surface area contributed by atoms with Crippen LogP contribution in [0.5, 0.6) is 0 Å². The number of carbonyl (C=O) groups excluding carboxylic acids is 1. The average Bonchev–Trinajstić information content (AvgIpc) is 2.36. The van der Waals surface area contributed by atoms with Gasteiger partial charge in [-0.15, -0.1) is 0 Å². The summed E-state index contributed by atoms with van der Waals surface area (Å²) in [4.78, 5) is 30.8. The second-order valence-corrected chi connectivity index (χ2v) is 4.03. The molecule has 1 heterocycles. The summed E-state index contributed by atoms with van der Waals surface area (Å²) < 4.78 is 4.86. The number of hydrogen-bond acceptors (Lipinski definition) is 7. The Morgan fingerprint density at radius 1 is 1.47 bits per heavy atom. The van der Waals surface area contributed by atoms with Crippen LogP contribution in [0.3, 0.4) is 0 Å². The van der Waals surface area contributed by atoms with Crippen LogP contribution in [0.1, 0.15) is 20.8 Å². The van der Waals surface area contributed by atoms with Crippen molar-refractivity contribution in [3.05, 3.63) is 22.5 Å². The molecule has 104 valence electrons. The van der Waals surface area contributed by atoms with E-state index in [0.29, 0.717) is 6.61 Å². The minimum absolute atomic E-state index is 0.00329. The molecule has 0 atom stereocenters. The molecule has 8 heteroatoms. The van der Waals surface area contributed by atoms with E-state index in [-0.39, 0.29) is 24.2 Å². The van der Waals surface area contributed by atoms with Gasteiger partial charge in [-0.2, -0.15) is 0 Å². The zero-order valence-corrected chi connectivity index (χ0v) is 11.1. The Labute approximate surface area is 110 Å². The molecule has 0 saturated heterocycles. The van der Waals surface area contributed by atoms with Gasteiger partial charge in [-0.3, -0.25) is 14.9 Å². The van der Waals surface area contributed by atoms with Gasteiger partial charge in [-0.25, -0.2) is 9.97 Å². The van der Waals surface area contributed by atoms with Crippen LogP contribution in [0, 0.1) is 10.1 Å². The van der Waals surface area contributed by atoms with Gasteiger partial charge >= 0.3 is 11.7 Å². The molecule has 0 amide bonds. The SMILES string of the molecule is CCOC(=O)CN(c1ncc([N+](=O)[O-])cn1)C(C)C. The number of aromatic nitrogens is 2. The lowest BCUT2D eigenvalue weighted by Gasteiger charge is -2.25. The van der Waals surface area contributed by atoms with Gasteiger partial charge in [0.05, 0.1) is 11.5 Å². The van der Waals surface area contributed by atoms with Crippen LogP contribution >= 0.6 is 0 Å². The smallest absolute Gasteiger partial charge is 0.325 e. The molecule has 0 aliphatic rings. The van der Waals surface area contributed by atoms with Gasteiger partial charge < -0.3 is 9.64 Å². The maximum Gasteiger partial charge on any atom is 0.325 e. The second kappa shape index (κ2) is 6.62. The van der Waals surface area contributed by atoms with E-state index in [2.05, 4.69) is 9.97 Å². The maximum atomic E-state index is 11.5. The molecule has 0 fully saturated rings. The molecule has 0 bridgehead atoms. The Bertz CT molecular complexity index is 447. The van der Waals surface area contributed by atoms with E-state index in [0.717, 1.165) is 12.4 Å². The van der Waals surface area contributed by atoms with Crippen LogP contribution in [0.4, 0.5) is 11.6 Å². The average molecular weight is 268 g/mol. The third-order valence-electron chi connectivity index (χ3n) is 2.32. The number of anilines is 1. The summed E-state index contributed by atoms with van der Waals surface area (Å²) in [5.74, 6) is -0.133.